The van der Waals surface area contributed by atoms with Gasteiger partial charge in [0.05, 0.1) is 15.5 Å². The topological polar surface area (TPSA) is 122 Å². The fraction of sp³-hybridized carbons (Fsp3) is 0.429. The van der Waals surface area contributed by atoms with Gasteiger partial charge in [-0.3, -0.25) is 14.8 Å². The zero-order chi connectivity index (χ0) is 21.9. The summed E-state index contributed by atoms with van der Waals surface area (Å²) in [5.74, 6) is 0.240. The molecule has 162 valence electrons. The highest BCUT2D eigenvalue weighted by molar-refractivity contribution is 7.92. The Morgan fingerprint density at radius 3 is 2.53 bits per heavy atom. The van der Waals surface area contributed by atoms with Crippen LogP contribution in [-0.4, -0.2) is 31.1 Å². The van der Waals surface area contributed by atoms with E-state index in [4.69, 9.17) is 0 Å². The van der Waals surface area contributed by atoms with E-state index < -0.39 is 14.9 Å². The average molecular weight is 434 g/mol. The predicted octanol–water partition coefficient (Wildman–Crippen LogP) is 3.98. The lowest BCUT2D eigenvalue weighted by atomic mass is 9.99. The van der Waals surface area contributed by atoms with Crippen LogP contribution in [0.4, 0.5) is 17.1 Å². The number of aliphatic hydroxyl groups is 1. The van der Waals surface area contributed by atoms with Crippen molar-refractivity contribution in [1.29, 1.82) is 0 Å². The molecule has 3 N–H and O–H groups in total. The van der Waals surface area contributed by atoms with E-state index in [1.54, 1.807) is 19.1 Å². The molecule has 2 unspecified atom stereocenters. The Kier molecular flexibility index (Phi) is 6.62. The third-order valence-electron chi connectivity index (χ3n) is 5.60. The number of benzene rings is 2. The number of aryl methyl sites for hydroxylation is 2. The summed E-state index contributed by atoms with van der Waals surface area (Å²) in [6.07, 6.45) is 3.44. The second-order valence-electron chi connectivity index (χ2n) is 7.81. The van der Waals surface area contributed by atoms with Gasteiger partial charge in [-0.1, -0.05) is 24.1 Å². The molecule has 0 aromatic heterocycles. The number of nitrogens with one attached hydrogen (secondary N) is 2. The molecule has 30 heavy (non-hydrogen) atoms. The Hall–Kier alpha value is -2.65. The van der Waals surface area contributed by atoms with E-state index in [-0.39, 0.29) is 29.1 Å². The lowest BCUT2D eigenvalue weighted by Crippen LogP contribution is -2.25. The van der Waals surface area contributed by atoms with E-state index in [2.05, 4.69) is 10.0 Å². The first-order valence-electron chi connectivity index (χ1n) is 9.97. The summed E-state index contributed by atoms with van der Waals surface area (Å²) in [6, 6.07) is 9.26. The molecular formula is C21H27N3O5S. The van der Waals surface area contributed by atoms with E-state index >= 15 is 0 Å². The van der Waals surface area contributed by atoms with Crippen molar-refractivity contribution < 1.29 is 18.4 Å². The van der Waals surface area contributed by atoms with E-state index in [1.807, 2.05) is 13.0 Å². The Morgan fingerprint density at radius 2 is 1.87 bits per heavy atom. The number of nitro groups is 1. The van der Waals surface area contributed by atoms with Crippen LogP contribution in [0.15, 0.2) is 41.3 Å². The molecule has 8 nitrogen and oxygen atoms in total. The van der Waals surface area contributed by atoms with Crippen LogP contribution in [0.3, 0.4) is 0 Å². The molecule has 2 aromatic rings. The molecule has 0 radical (unpaired) electrons. The molecule has 9 heteroatoms. The smallest absolute Gasteiger partial charge is 0.293 e. The number of aliphatic hydroxyl groups excluding tert-OH is 1. The third kappa shape index (κ3) is 4.91. The highest BCUT2D eigenvalue weighted by atomic mass is 32.2. The molecule has 0 spiro atoms. The van der Waals surface area contributed by atoms with Gasteiger partial charge >= 0.3 is 0 Å². The van der Waals surface area contributed by atoms with E-state index in [0.29, 0.717) is 17.8 Å². The molecule has 1 fully saturated rings. The van der Waals surface area contributed by atoms with Crippen LogP contribution in [0.1, 0.15) is 36.8 Å². The molecule has 0 bridgehead atoms. The Balaban J connectivity index is 1.87. The summed E-state index contributed by atoms with van der Waals surface area (Å²) in [4.78, 5) is 10.9. The largest absolute Gasteiger partial charge is 0.396 e. The summed E-state index contributed by atoms with van der Waals surface area (Å²) < 4.78 is 28.2. The summed E-state index contributed by atoms with van der Waals surface area (Å²) in [5.41, 5.74) is 2.21. The standard InChI is InChI=1S/C21H27N3O5S/c1-14-6-8-18(15(2)12-14)23-30(28,29)17-7-9-20(21(13-17)24(26)27)22-19-5-3-4-16(19)10-11-25/h6-9,12-13,16,19,22-23,25H,3-5,10-11H2,1-2H3. The molecule has 0 aliphatic heterocycles. The van der Waals surface area contributed by atoms with Gasteiger partial charge < -0.3 is 10.4 Å². The van der Waals surface area contributed by atoms with Gasteiger partial charge in [0.2, 0.25) is 0 Å². The van der Waals surface area contributed by atoms with E-state index in [0.717, 1.165) is 36.5 Å². The number of sulfonamides is 1. The average Bonchev–Trinajstić information content (AvgIpc) is 3.11. The van der Waals surface area contributed by atoms with Crippen molar-refractivity contribution in [3.63, 3.8) is 0 Å². The highest BCUT2D eigenvalue weighted by Crippen LogP contribution is 2.35. The normalized spacial score (nSPS) is 18.9. The maximum absolute atomic E-state index is 12.8. The van der Waals surface area contributed by atoms with Gasteiger partial charge in [0, 0.05) is 18.7 Å². The Labute approximate surface area is 176 Å². The van der Waals surface area contributed by atoms with E-state index in [9.17, 15) is 23.6 Å². The van der Waals surface area contributed by atoms with Crippen LogP contribution in [0.5, 0.6) is 0 Å². The SMILES string of the molecule is Cc1ccc(NS(=O)(=O)c2ccc(NC3CCCC3CCO)c([N+](=O)[O-])c2)c(C)c1. The predicted molar refractivity (Wildman–Crippen MR) is 116 cm³/mol. The van der Waals surface area contributed by atoms with Gasteiger partial charge in [-0.2, -0.15) is 0 Å². The minimum atomic E-state index is -3.98. The molecule has 1 aliphatic rings. The molecule has 1 saturated carbocycles. The quantitative estimate of drug-likeness (QED) is 0.428. The fourth-order valence-corrected chi connectivity index (χ4v) is 5.17. The van der Waals surface area contributed by atoms with Gasteiger partial charge in [-0.15, -0.1) is 0 Å². The van der Waals surface area contributed by atoms with Crippen LogP contribution in [0, 0.1) is 29.9 Å². The highest BCUT2D eigenvalue weighted by Gasteiger charge is 2.29. The van der Waals surface area contributed by atoms with Crippen molar-refractivity contribution in [1.82, 2.24) is 0 Å². The number of nitro benzene ring substituents is 1. The third-order valence-corrected chi connectivity index (χ3v) is 6.97. The number of nitrogens with zero attached hydrogens (tertiary/aromatic N) is 1. The number of rotatable bonds is 8. The van der Waals surface area contributed by atoms with Gasteiger partial charge in [-0.05, 0) is 62.8 Å². The minimum absolute atomic E-state index is 0.0200. The maximum Gasteiger partial charge on any atom is 0.293 e. The van der Waals surface area contributed by atoms with Crippen LogP contribution in [0.25, 0.3) is 0 Å². The summed E-state index contributed by atoms with van der Waals surface area (Å²) in [6.45, 7) is 3.78. The zero-order valence-electron chi connectivity index (χ0n) is 17.1. The van der Waals surface area contributed by atoms with Crippen molar-refractivity contribution in [2.24, 2.45) is 5.92 Å². The molecule has 1 aliphatic carbocycles. The van der Waals surface area contributed by atoms with Crippen molar-refractivity contribution in [3.05, 3.63) is 57.6 Å². The summed E-state index contributed by atoms with van der Waals surface area (Å²) in [5, 5.41) is 24.1. The molecular weight excluding hydrogens is 406 g/mol. The van der Waals surface area contributed by atoms with Crippen LogP contribution in [0.2, 0.25) is 0 Å². The second kappa shape index (κ2) is 9.01. The van der Waals surface area contributed by atoms with E-state index in [1.165, 1.54) is 12.1 Å². The minimum Gasteiger partial charge on any atom is -0.396 e. The number of hydrogen-bond acceptors (Lipinski definition) is 6. The van der Waals surface area contributed by atoms with Gasteiger partial charge in [0.1, 0.15) is 5.69 Å². The molecule has 0 amide bonds. The Bertz CT molecular complexity index is 1040. The van der Waals surface area contributed by atoms with Crippen molar-refractivity contribution in [3.8, 4) is 0 Å². The van der Waals surface area contributed by atoms with Crippen LogP contribution < -0.4 is 10.0 Å². The van der Waals surface area contributed by atoms with Crippen molar-refractivity contribution in [2.45, 2.75) is 50.5 Å². The number of anilines is 2. The lowest BCUT2D eigenvalue weighted by molar-refractivity contribution is -0.384. The number of hydrogen-bond donors (Lipinski definition) is 3. The zero-order valence-corrected chi connectivity index (χ0v) is 17.9. The summed E-state index contributed by atoms with van der Waals surface area (Å²) in [7, 11) is -3.98. The summed E-state index contributed by atoms with van der Waals surface area (Å²) >= 11 is 0. The first-order chi connectivity index (χ1) is 14.2. The maximum atomic E-state index is 12.8. The fourth-order valence-electron chi connectivity index (χ4n) is 4.02. The molecule has 2 atom stereocenters. The van der Waals surface area contributed by atoms with Gasteiger partial charge in [0.25, 0.3) is 15.7 Å². The first-order valence-corrected chi connectivity index (χ1v) is 11.5. The Morgan fingerprint density at radius 1 is 1.13 bits per heavy atom. The second-order valence-corrected chi connectivity index (χ2v) is 9.50. The molecule has 0 saturated heterocycles. The first kappa shape index (κ1) is 22.0. The molecule has 0 heterocycles. The van der Waals surface area contributed by atoms with Crippen molar-refractivity contribution in [2.75, 3.05) is 16.6 Å². The van der Waals surface area contributed by atoms with Gasteiger partial charge in [-0.25, -0.2) is 8.42 Å². The van der Waals surface area contributed by atoms with Crippen molar-refractivity contribution >= 4 is 27.1 Å². The monoisotopic (exact) mass is 433 g/mol. The lowest BCUT2D eigenvalue weighted by Gasteiger charge is -2.21. The van der Waals surface area contributed by atoms with Gasteiger partial charge in [0.15, 0.2) is 0 Å². The van der Waals surface area contributed by atoms with Crippen LogP contribution >= 0.6 is 0 Å². The van der Waals surface area contributed by atoms with Crippen LogP contribution in [-0.2, 0) is 10.0 Å². The molecule has 3 rings (SSSR count). The molecule has 2 aromatic carbocycles.